The lowest BCUT2D eigenvalue weighted by Gasteiger charge is -2.38. The molecule has 0 bridgehead atoms. The van der Waals surface area contributed by atoms with Crippen LogP contribution >= 0.6 is 0 Å². The van der Waals surface area contributed by atoms with Crippen molar-refractivity contribution in [3.05, 3.63) is 0 Å². The largest absolute Gasteiger partial charge is 0.355 e. The van der Waals surface area contributed by atoms with E-state index in [9.17, 15) is 9.59 Å². The van der Waals surface area contributed by atoms with Crippen LogP contribution in [0.5, 0.6) is 0 Å². The predicted octanol–water partition coefficient (Wildman–Crippen LogP) is -0.606. The standard InChI is InChI=1S/C14H26N4O2/c1-3-16-12(19)10-17-6-8-18(9-7-17)13(20)14(2,15)11-4-5-11/h11H,3-10,15H2,1-2H3,(H,16,19). The fraction of sp³-hybridized carbons (Fsp3) is 0.857. The summed E-state index contributed by atoms with van der Waals surface area (Å²) in [6.07, 6.45) is 2.13. The monoisotopic (exact) mass is 282 g/mol. The maximum atomic E-state index is 12.4. The lowest BCUT2D eigenvalue weighted by molar-refractivity contribution is -0.139. The van der Waals surface area contributed by atoms with E-state index in [0.29, 0.717) is 32.1 Å². The molecule has 1 heterocycles. The molecule has 2 amide bonds. The zero-order valence-corrected chi connectivity index (χ0v) is 12.5. The lowest BCUT2D eigenvalue weighted by Crippen LogP contribution is -2.59. The minimum absolute atomic E-state index is 0.0499. The Morgan fingerprint density at radius 1 is 1.25 bits per heavy atom. The van der Waals surface area contributed by atoms with Crippen molar-refractivity contribution in [3.63, 3.8) is 0 Å². The molecule has 1 aliphatic heterocycles. The minimum atomic E-state index is -0.707. The van der Waals surface area contributed by atoms with Crippen LogP contribution in [0.15, 0.2) is 0 Å². The molecule has 2 rings (SSSR count). The van der Waals surface area contributed by atoms with Gasteiger partial charge in [-0.15, -0.1) is 0 Å². The number of carbonyl (C=O) groups is 2. The highest BCUT2D eigenvalue weighted by molar-refractivity contribution is 5.86. The summed E-state index contributed by atoms with van der Waals surface area (Å²) >= 11 is 0. The second kappa shape index (κ2) is 6.10. The van der Waals surface area contributed by atoms with Gasteiger partial charge in [0.15, 0.2) is 0 Å². The summed E-state index contributed by atoms with van der Waals surface area (Å²) in [6, 6.07) is 0. The third-order valence-corrected chi connectivity index (χ3v) is 4.29. The lowest BCUT2D eigenvalue weighted by atomic mass is 9.95. The highest BCUT2D eigenvalue weighted by Gasteiger charge is 2.46. The number of hydrogen-bond acceptors (Lipinski definition) is 4. The van der Waals surface area contributed by atoms with Crippen LogP contribution in [-0.2, 0) is 9.59 Å². The molecule has 1 saturated heterocycles. The van der Waals surface area contributed by atoms with Crippen molar-refractivity contribution in [2.45, 2.75) is 32.2 Å². The minimum Gasteiger partial charge on any atom is -0.355 e. The highest BCUT2D eigenvalue weighted by Crippen LogP contribution is 2.39. The first-order valence-electron chi connectivity index (χ1n) is 7.52. The van der Waals surface area contributed by atoms with Crippen LogP contribution in [0.3, 0.4) is 0 Å². The summed E-state index contributed by atoms with van der Waals surface area (Å²) in [5, 5.41) is 2.79. The average molecular weight is 282 g/mol. The third kappa shape index (κ3) is 3.49. The number of amides is 2. The van der Waals surface area contributed by atoms with Gasteiger partial charge in [0.25, 0.3) is 0 Å². The summed E-state index contributed by atoms with van der Waals surface area (Å²) < 4.78 is 0. The molecule has 1 unspecified atom stereocenters. The zero-order valence-electron chi connectivity index (χ0n) is 12.5. The molecule has 114 valence electrons. The summed E-state index contributed by atoms with van der Waals surface area (Å²) in [5.41, 5.74) is 5.48. The number of nitrogens with zero attached hydrogens (tertiary/aromatic N) is 2. The molecule has 0 aromatic heterocycles. The summed E-state index contributed by atoms with van der Waals surface area (Å²) in [4.78, 5) is 27.9. The number of nitrogens with one attached hydrogen (secondary N) is 1. The molecular weight excluding hydrogens is 256 g/mol. The molecule has 6 heteroatoms. The van der Waals surface area contributed by atoms with Crippen molar-refractivity contribution in [2.24, 2.45) is 11.7 Å². The second-order valence-electron chi connectivity index (χ2n) is 6.08. The van der Waals surface area contributed by atoms with Gasteiger partial charge in [-0.05, 0) is 32.6 Å². The van der Waals surface area contributed by atoms with Crippen LogP contribution in [0.2, 0.25) is 0 Å². The fourth-order valence-electron chi connectivity index (χ4n) is 2.76. The Balaban J connectivity index is 1.79. The molecule has 0 aromatic carbocycles. The number of carbonyl (C=O) groups excluding carboxylic acids is 2. The van der Waals surface area contributed by atoms with E-state index in [1.54, 1.807) is 0 Å². The molecule has 3 N–H and O–H groups in total. The van der Waals surface area contributed by atoms with E-state index in [-0.39, 0.29) is 11.8 Å². The molecule has 20 heavy (non-hydrogen) atoms. The van der Waals surface area contributed by atoms with E-state index in [1.165, 1.54) is 0 Å². The van der Waals surface area contributed by atoms with Gasteiger partial charge in [-0.2, -0.15) is 0 Å². The SMILES string of the molecule is CCNC(=O)CN1CCN(C(=O)C(C)(N)C2CC2)CC1. The van der Waals surface area contributed by atoms with Crippen molar-refractivity contribution in [3.8, 4) is 0 Å². The van der Waals surface area contributed by atoms with Gasteiger partial charge in [-0.3, -0.25) is 14.5 Å². The molecule has 6 nitrogen and oxygen atoms in total. The van der Waals surface area contributed by atoms with Gasteiger partial charge >= 0.3 is 0 Å². The highest BCUT2D eigenvalue weighted by atomic mass is 16.2. The molecule has 2 fully saturated rings. The van der Waals surface area contributed by atoms with Gasteiger partial charge in [0.2, 0.25) is 11.8 Å². The first kappa shape index (κ1) is 15.3. The van der Waals surface area contributed by atoms with Gasteiger partial charge in [0.1, 0.15) is 0 Å². The number of rotatable bonds is 5. The van der Waals surface area contributed by atoms with Crippen molar-refractivity contribution in [1.29, 1.82) is 0 Å². The van der Waals surface area contributed by atoms with E-state index in [1.807, 2.05) is 18.7 Å². The molecular formula is C14H26N4O2. The van der Waals surface area contributed by atoms with Gasteiger partial charge in [0.05, 0.1) is 12.1 Å². The Hall–Kier alpha value is -1.14. The predicted molar refractivity (Wildman–Crippen MR) is 77.0 cm³/mol. The Morgan fingerprint density at radius 3 is 2.35 bits per heavy atom. The molecule has 0 aromatic rings. The molecule has 0 spiro atoms. The normalized spacial score (nSPS) is 23.2. The smallest absolute Gasteiger partial charge is 0.242 e. The first-order chi connectivity index (χ1) is 9.45. The molecule has 2 aliphatic rings. The topological polar surface area (TPSA) is 78.7 Å². The van der Waals surface area contributed by atoms with E-state index in [2.05, 4.69) is 10.2 Å². The second-order valence-corrected chi connectivity index (χ2v) is 6.08. The third-order valence-electron chi connectivity index (χ3n) is 4.29. The number of nitrogens with two attached hydrogens (primary N) is 1. The van der Waals surface area contributed by atoms with Gasteiger partial charge < -0.3 is 16.0 Å². The van der Waals surface area contributed by atoms with Gasteiger partial charge in [-0.1, -0.05) is 0 Å². The van der Waals surface area contributed by atoms with Gasteiger partial charge in [-0.25, -0.2) is 0 Å². The number of hydrogen-bond donors (Lipinski definition) is 2. The van der Waals surface area contributed by atoms with Crippen LogP contribution in [0.4, 0.5) is 0 Å². The molecule has 1 aliphatic carbocycles. The Labute approximate surface area is 120 Å². The average Bonchev–Trinajstić information content (AvgIpc) is 3.23. The van der Waals surface area contributed by atoms with Crippen LogP contribution in [0.25, 0.3) is 0 Å². The van der Waals surface area contributed by atoms with Crippen molar-refractivity contribution in [1.82, 2.24) is 15.1 Å². The summed E-state index contributed by atoms with van der Waals surface area (Å²) in [7, 11) is 0. The Morgan fingerprint density at radius 2 is 1.85 bits per heavy atom. The van der Waals surface area contributed by atoms with E-state index in [0.717, 1.165) is 25.9 Å². The van der Waals surface area contributed by atoms with Crippen molar-refractivity contribution < 1.29 is 9.59 Å². The van der Waals surface area contributed by atoms with Crippen LogP contribution < -0.4 is 11.1 Å². The quantitative estimate of drug-likeness (QED) is 0.705. The summed E-state index contributed by atoms with van der Waals surface area (Å²) in [5.74, 6) is 0.468. The van der Waals surface area contributed by atoms with Crippen LogP contribution in [-0.4, -0.2) is 66.4 Å². The van der Waals surface area contributed by atoms with E-state index in [4.69, 9.17) is 5.73 Å². The number of piperazine rings is 1. The van der Waals surface area contributed by atoms with E-state index >= 15 is 0 Å². The van der Waals surface area contributed by atoms with E-state index < -0.39 is 5.54 Å². The molecule has 0 radical (unpaired) electrons. The fourth-order valence-corrected chi connectivity index (χ4v) is 2.76. The van der Waals surface area contributed by atoms with Crippen molar-refractivity contribution in [2.75, 3.05) is 39.3 Å². The summed E-state index contributed by atoms with van der Waals surface area (Å²) in [6.45, 7) is 7.65. The van der Waals surface area contributed by atoms with Crippen molar-refractivity contribution >= 4 is 11.8 Å². The van der Waals surface area contributed by atoms with Gasteiger partial charge in [0, 0.05) is 32.7 Å². The Bertz CT molecular complexity index is 371. The maximum Gasteiger partial charge on any atom is 0.242 e. The maximum absolute atomic E-state index is 12.4. The Kier molecular flexibility index (Phi) is 4.65. The van der Waals surface area contributed by atoms with Crippen LogP contribution in [0, 0.1) is 5.92 Å². The molecule has 1 atom stereocenters. The molecule has 1 saturated carbocycles. The first-order valence-corrected chi connectivity index (χ1v) is 7.52. The van der Waals surface area contributed by atoms with Crippen LogP contribution in [0.1, 0.15) is 26.7 Å². The number of likely N-dealkylation sites (N-methyl/N-ethyl adjacent to an activating group) is 1. The zero-order chi connectivity index (χ0) is 14.8.